The van der Waals surface area contributed by atoms with Crippen molar-refractivity contribution in [3.05, 3.63) is 60.8 Å². The number of rotatable bonds is 0. The Morgan fingerprint density at radius 3 is 1.00 bits per heavy atom. The minimum absolute atomic E-state index is 1.04. The molecule has 0 fully saturated rings. The van der Waals surface area contributed by atoms with Crippen LogP contribution in [0.3, 0.4) is 0 Å². The van der Waals surface area contributed by atoms with Crippen LogP contribution >= 0.6 is 0 Å². The normalized spacial score (nSPS) is 27.4. The Morgan fingerprint density at radius 2 is 0.643 bits per heavy atom. The van der Waals surface area contributed by atoms with E-state index >= 15 is 0 Å². The van der Waals surface area contributed by atoms with Crippen LogP contribution < -0.4 is 0 Å². The molecule has 0 heteroatoms. The Bertz CT molecular complexity index is 234. The molecule has 0 saturated carbocycles. The summed E-state index contributed by atoms with van der Waals surface area (Å²) < 4.78 is 0. The molecule has 0 atom stereocenters. The van der Waals surface area contributed by atoms with Gasteiger partial charge in [-0.1, -0.05) is 60.8 Å². The molecule has 0 unspecified atom stereocenters. The molecule has 0 saturated heterocycles. The smallest absolute Gasteiger partial charge is 0.0166 e. The minimum atomic E-state index is 1.04. The van der Waals surface area contributed by atoms with Gasteiger partial charge in [-0.3, -0.25) is 0 Å². The fraction of sp³-hybridized carbons (Fsp3) is 0.286. The molecule has 1 aliphatic rings. The maximum atomic E-state index is 2.21. The van der Waals surface area contributed by atoms with E-state index in [2.05, 4.69) is 60.8 Å². The summed E-state index contributed by atoms with van der Waals surface area (Å²) in [6.07, 6.45) is 26.0. The molecule has 74 valence electrons. The van der Waals surface area contributed by atoms with Crippen LogP contribution in [-0.4, -0.2) is 0 Å². The van der Waals surface area contributed by atoms with E-state index in [4.69, 9.17) is 0 Å². The molecule has 14 heavy (non-hydrogen) atoms. The lowest BCUT2D eigenvalue weighted by atomic mass is 10.2. The largest absolute Gasteiger partial charge is 0.0844 e. The standard InChI is InChI=1S/C14H18/c1-2-4-6-8-10-12-14-13-11-9-7-5-3-1/h1-4,7-10,13-14H,5-6,11-12H2/b3-1-,4-2+,9-7-,10-8?,14-13+. The predicted molar refractivity (Wildman–Crippen MR) is 64.2 cm³/mol. The van der Waals surface area contributed by atoms with Gasteiger partial charge in [-0.15, -0.1) is 0 Å². The van der Waals surface area contributed by atoms with Gasteiger partial charge in [0.2, 0.25) is 0 Å². The van der Waals surface area contributed by atoms with Crippen molar-refractivity contribution in [2.75, 3.05) is 0 Å². The first kappa shape index (κ1) is 10.8. The van der Waals surface area contributed by atoms with E-state index in [9.17, 15) is 0 Å². The molecular formula is C14H18. The SMILES string of the molecule is C1=CC/C=C/C/C=C\C/C=C\C=C\C1. The van der Waals surface area contributed by atoms with Crippen molar-refractivity contribution in [1.29, 1.82) is 0 Å². The third-order valence-electron chi connectivity index (χ3n) is 1.97. The summed E-state index contributed by atoms with van der Waals surface area (Å²) in [6, 6.07) is 0. The van der Waals surface area contributed by atoms with Crippen LogP contribution in [0, 0.1) is 0 Å². The quantitative estimate of drug-likeness (QED) is 0.494. The lowest BCUT2D eigenvalue weighted by molar-refractivity contribution is 1.26. The Kier molecular flexibility index (Phi) is 6.39. The van der Waals surface area contributed by atoms with Crippen molar-refractivity contribution in [2.45, 2.75) is 25.7 Å². The Hall–Kier alpha value is -1.30. The van der Waals surface area contributed by atoms with Crippen molar-refractivity contribution >= 4 is 0 Å². The summed E-state index contributed by atoms with van der Waals surface area (Å²) >= 11 is 0. The second-order valence-electron chi connectivity index (χ2n) is 3.21. The molecule has 1 aliphatic carbocycles. The van der Waals surface area contributed by atoms with Gasteiger partial charge in [-0.2, -0.15) is 0 Å². The minimum Gasteiger partial charge on any atom is -0.0844 e. The van der Waals surface area contributed by atoms with Gasteiger partial charge < -0.3 is 0 Å². The van der Waals surface area contributed by atoms with Crippen molar-refractivity contribution in [1.82, 2.24) is 0 Å². The highest BCUT2D eigenvalue weighted by molar-refractivity contribution is 5.08. The van der Waals surface area contributed by atoms with Crippen molar-refractivity contribution in [2.24, 2.45) is 0 Å². The summed E-state index contributed by atoms with van der Waals surface area (Å²) in [6.45, 7) is 0. The molecule has 0 amide bonds. The zero-order chi connectivity index (χ0) is 9.90. The summed E-state index contributed by atoms with van der Waals surface area (Å²) in [5.74, 6) is 0. The van der Waals surface area contributed by atoms with Gasteiger partial charge in [-0.05, 0) is 25.7 Å². The Balaban J connectivity index is 2.45. The number of allylic oxidation sites excluding steroid dienone is 10. The van der Waals surface area contributed by atoms with E-state index in [1.165, 1.54) is 0 Å². The number of hydrogen-bond donors (Lipinski definition) is 0. The van der Waals surface area contributed by atoms with Crippen LogP contribution in [0.15, 0.2) is 60.8 Å². The zero-order valence-electron chi connectivity index (χ0n) is 8.60. The van der Waals surface area contributed by atoms with Crippen molar-refractivity contribution in [3.63, 3.8) is 0 Å². The fourth-order valence-corrected chi connectivity index (χ4v) is 1.21. The lowest BCUT2D eigenvalue weighted by Crippen LogP contribution is -1.65. The molecule has 0 N–H and O–H groups in total. The third kappa shape index (κ3) is 6.24. The maximum Gasteiger partial charge on any atom is -0.0166 e. The van der Waals surface area contributed by atoms with Gasteiger partial charge >= 0.3 is 0 Å². The van der Waals surface area contributed by atoms with Crippen LogP contribution in [0.25, 0.3) is 0 Å². The highest BCUT2D eigenvalue weighted by Crippen LogP contribution is 1.96. The van der Waals surface area contributed by atoms with Gasteiger partial charge in [0.1, 0.15) is 0 Å². The van der Waals surface area contributed by atoms with Gasteiger partial charge in [0, 0.05) is 0 Å². The Morgan fingerprint density at radius 1 is 0.357 bits per heavy atom. The van der Waals surface area contributed by atoms with Crippen LogP contribution in [0.5, 0.6) is 0 Å². The highest BCUT2D eigenvalue weighted by atomic mass is 13.8. The van der Waals surface area contributed by atoms with E-state index < -0.39 is 0 Å². The summed E-state index contributed by atoms with van der Waals surface area (Å²) in [5, 5.41) is 0. The van der Waals surface area contributed by atoms with E-state index in [0.717, 1.165) is 25.7 Å². The molecule has 0 nitrogen and oxygen atoms in total. The fourth-order valence-electron chi connectivity index (χ4n) is 1.21. The van der Waals surface area contributed by atoms with E-state index in [1.54, 1.807) is 0 Å². The van der Waals surface area contributed by atoms with E-state index in [0.29, 0.717) is 0 Å². The number of hydrogen-bond acceptors (Lipinski definition) is 0. The molecule has 0 aliphatic heterocycles. The molecule has 0 bridgehead atoms. The topological polar surface area (TPSA) is 0 Å². The molecule has 1 rings (SSSR count). The average molecular weight is 186 g/mol. The van der Waals surface area contributed by atoms with Crippen LogP contribution in [0.2, 0.25) is 0 Å². The first-order valence-electron chi connectivity index (χ1n) is 5.27. The maximum absolute atomic E-state index is 2.21. The van der Waals surface area contributed by atoms with Gasteiger partial charge in [0.25, 0.3) is 0 Å². The van der Waals surface area contributed by atoms with Gasteiger partial charge in [0.15, 0.2) is 0 Å². The van der Waals surface area contributed by atoms with E-state index in [-0.39, 0.29) is 0 Å². The molecule has 0 spiro atoms. The first-order valence-corrected chi connectivity index (χ1v) is 5.27. The second-order valence-corrected chi connectivity index (χ2v) is 3.21. The average Bonchev–Trinajstić information content (AvgIpc) is 2.22. The van der Waals surface area contributed by atoms with Crippen LogP contribution in [-0.2, 0) is 0 Å². The van der Waals surface area contributed by atoms with Gasteiger partial charge in [-0.25, -0.2) is 0 Å². The van der Waals surface area contributed by atoms with Crippen LogP contribution in [0.4, 0.5) is 0 Å². The van der Waals surface area contributed by atoms with Crippen molar-refractivity contribution in [3.8, 4) is 0 Å². The summed E-state index contributed by atoms with van der Waals surface area (Å²) in [7, 11) is 0. The first-order chi connectivity index (χ1) is 7.00. The lowest BCUT2D eigenvalue weighted by Gasteiger charge is -1.86. The molecular weight excluding hydrogens is 168 g/mol. The third-order valence-corrected chi connectivity index (χ3v) is 1.97. The summed E-state index contributed by atoms with van der Waals surface area (Å²) in [4.78, 5) is 0. The summed E-state index contributed by atoms with van der Waals surface area (Å²) in [5.41, 5.74) is 0. The van der Waals surface area contributed by atoms with Crippen LogP contribution in [0.1, 0.15) is 25.7 Å². The molecule has 0 aromatic carbocycles. The Labute approximate surface area is 87.0 Å². The zero-order valence-corrected chi connectivity index (χ0v) is 8.60. The molecule has 0 radical (unpaired) electrons. The van der Waals surface area contributed by atoms with Gasteiger partial charge in [0.05, 0.1) is 0 Å². The molecule has 0 aromatic heterocycles. The van der Waals surface area contributed by atoms with Crippen molar-refractivity contribution < 1.29 is 0 Å². The monoisotopic (exact) mass is 186 g/mol. The molecule has 0 heterocycles. The van der Waals surface area contributed by atoms with E-state index in [1.807, 2.05) is 0 Å². The predicted octanol–water partition coefficient (Wildman–Crippen LogP) is 4.34. The molecule has 0 aromatic rings. The second kappa shape index (κ2) is 8.31. The highest BCUT2D eigenvalue weighted by Gasteiger charge is 1.75.